The van der Waals surface area contributed by atoms with E-state index in [0.717, 1.165) is 0 Å². The second-order valence-corrected chi connectivity index (χ2v) is 7.43. The van der Waals surface area contributed by atoms with Crippen LogP contribution in [0.5, 0.6) is 11.5 Å². The van der Waals surface area contributed by atoms with Gasteiger partial charge in [0.25, 0.3) is 11.7 Å². The molecule has 1 saturated heterocycles. The molecule has 0 bridgehead atoms. The van der Waals surface area contributed by atoms with Gasteiger partial charge in [0.15, 0.2) is 0 Å². The number of ketones is 1. The van der Waals surface area contributed by atoms with Crippen molar-refractivity contribution >= 4 is 23.1 Å². The van der Waals surface area contributed by atoms with E-state index < -0.39 is 29.3 Å². The molecule has 2 N–H and O–H groups in total. The fourth-order valence-corrected chi connectivity index (χ4v) is 3.82. The molecule has 4 rings (SSSR count). The van der Waals surface area contributed by atoms with E-state index in [2.05, 4.69) is 0 Å². The zero-order valence-electron chi connectivity index (χ0n) is 17.4. The Balaban J connectivity index is 1.96. The molecule has 7 heteroatoms. The summed E-state index contributed by atoms with van der Waals surface area (Å²) in [4.78, 5) is 27.5. The van der Waals surface area contributed by atoms with E-state index in [9.17, 15) is 24.2 Å². The van der Waals surface area contributed by atoms with Crippen molar-refractivity contribution in [3.63, 3.8) is 0 Å². The minimum atomic E-state index is -1.01. The molecule has 1 unspecified atom stereocenters. The number of ether oxygens (including phenoxy) is 1. The number of aryl methyl sites for hydroxylation is 1. The zero-order chi connectivity index (χ0) is 23.0. The number of rotatable bonds is 4. The third kappa shape index (κ3) is 3.58. The van der Waals surface area contributed by atoms with Crippen LogP contribution in [0.25, 0.3) is 5.76 Å². The fraction of sp³-hybridized carbons (Fsp3) is 0.120. The first-order valence-electron chi connectivity index (χ1n) is 9.82. The second-order valence-electron chi connectivity index (χ2n) is 7.43. The summed E-state index contributed by atoms with van der Waals surface area (Å²) in [6.45, 7) is 1.54. The average Bonchev–Trinajstić information content (AvgIpc) is 3.06. The number of nitrogens with zero attached hydrogens (tertiary/aromatic N) is 1. The van der Waals surface area contributed by atoms with Crippen LogP contribution in [0, 0.1) is 12.7 Å². The number of Topliss-reactive ketones (excluding diaryl/α,β-unsaturated/α-hetero) is 1. The minimum absolute atomic E-state index is 0.0589. The van der Waals surface area contributed by atoms with Gasteiger partial charge in [0.05, 0.1) is 18.7 Å². The molecule has 1 amide bonds. The first-order chi connectivity index (χ1) is 15.3. The molecule has 1 aliphatic heterocycles. The van der Waals surface area contributed by atoms with E-state index in [-0.39, 0.29) is 22.4 Å². The molecule has 32 heavy (non-hydrogen) atoms. The first kappa shape index (κ1) is 21.1. The molecule has 1 fully saturated rings. The molecular weight excluding hydrogens is 413 g/mol. The molecule has 0 aliphatic carbocycles. The maximum atomic E-state index is 13.8. The predicted octanol–water partition coefficient (Wildman–Crippen LogP) is 4.47. The van der Waals surface area contributed by atoms with Crippen LogP contribution in [-0.2, 0) is 9.59 Å². The molecule has 1 heterocycles. The number of phenolic OH excluding ortho intramolecular Hbond substituents is 1. The number of amides is 1. The van der Waals surface area contributed by atoms with E-state index in [1.165, 1.54) is 49.3 Å². The van der Waals surface area contributed by atoms with E-state index in [4.69, 9.17) is 4.74 Å². The van der Waals surface area contributed by atoms with Gasteiger partial charge in [-0.15, -0.1) is 0 Å². The van der Waals surface area contributed by atoms with Gasteiger partial charge in [0.1, 0.15) is 23.1 Å². The Morgan fingerprint density at radius 1 is 1.03 bits per heavy atom. The summed E-state index contributed by atoms with van der Waals surface area (Å²) >= 11 is 0. The molecule has 0 aromatic heterocycles. The highest BCUT2D eigenvalue weighted by atomic mass is 19.1. The summed E-state index contributed by atoms with van der Waals surface area (Å²) in [5.74, 6) is -2.19. The topological polar surface area (TPSA) is 87.1 Å². The van der Waals surface area contributed by atoms with Crippen molar-refractivity contribution in [2.24, 2.45) is 0 Å². The number of benzene rings is 3. The smallest absolute Gasteiger partial charge is 0.300 e. The monoisotopic (exact) mass is 433 g/mol. The number of aliphatic hydroxyl groups excluding tert-OH is 1. The summed E-state index contributed by atoms with van der Waals surface area (Å²) in [6.07, 6.45) is 0. The van der Waals surface area contributed by atoms with Crippen LogP contribution >= 0.6 is 0 Å². The third-order valence-corrected chi connectivity index (χ3v) is 5.39. The van der Waals surface area contributed by atoms with Gasteiger partial charge in [-0.3, -0.25) is 14.5 Å². The highest BCUT2D eigenvalue weighted by molar-refractivity contribution is 6.51. The van der Waals surface area contributed by atoms with Gasteiger partial charge < -0.3 is 14.9 Å². The van der Waals surface area contributed by atoms with Crippen molar-refractivity contribution in [2.75, 3.05) is 12.0 Å². The standard InChI is InChI=1S/C25H20FNO5/c1-14-11-16(9-10-20(14)26)23(29)21-22(15-5-3-7-18(28)12-15)27(25(31)24(21)30)17-6-4-8-19(13-17)32-2/h3-13,22,28-29H,1-2H3/b23-21+. The van der Waals surface area contributed by atoms with E-state index in [1.807, 2.05) is 0 Å². The SMILES string of the molecule is COc1cccc(N2C(=O)C(=O)/C(=C(/O)c3ccc(F)c(C)c3)C2c2cccc(O)c2)c1. The summed E-state index contributed by atoms with van der Waals surface area (Å²) in [7, 11) is 1.48. The van der Waals surface area contributed by atoms with Crippen LogP contribution < -0.4 is 9.64 Å². The molecule has 3 aromatic carbocycles. The fourth-order valence-electron chi connectivity index (χ4n) is 3.82. The molecule has 162 valence electrons. The summed E-state index contributed by atoms with van der Waals surface area (Å²) in [5, 5.41) is 21.1. The number of carbonyl (C=O) groups is 2. The molecule has 0 radical (unpaired) electrons. The maximum Gasteiger partial charge on any atom is 0.300 e. The maximum absolute atomic E-state index is 13.8. The lowest BCUT2D eigenvalue weighted by molar-refractivity contribution is -0.132. The van der Waals surface area contributed by atoms with Gasteiger partial charge in [0.2, 0.25) is 0 Å². The molecule has 6 nitrogen and oxygen atoms in total. The largest absolute Gasteiger partial charge is 0.508 e. The number of aromatic hydroxyl groups is 1. The Labute approximate surface area is 183 Å². The van der Waals surface area contributed by atoms with Crippen LogP contribution in [0.4, 0.5) is 10.1 Å². The van der Waals surface area contributed by atoms with Gasteiger partial charge >= 0.3 is 0 Å². The van der Waals surface area contributed by atoms with Crippen molar-refractivity contribution in [3.05, 3.63) is 94.8 Å². The van der Waals surface area contributed by atoms with Crippen LogP contribution in [0.2, 0.25) is 0 Å². The highest BCUT2D eigenvalue weighted by Crippen LogP contribution is 2.43. The number of anilines is 1. The summed E-state index contributed by atoms with van der Waals surface area (Å²) in [6, 6.07) is 15.7. The van der Waals surface area contributed by atoms with Crippen molar-refractivity contribution in [1.82, 2.24) is 0 Å². The molecule has 0 spiro atoms. The van der Waals surface area contributed by atoms with E-state index in [1.54, 1.807) is 36.4 Å². The van der Waals surface area contributed by atoms with E-state index >= 15 is 0 Å². The molecule has 3 aromatic rings. The van der Waals surface area contributed by atoms with Crippen molar-refractivity contribution in [2.45, 2.75) is 13.0 Å². The Morgan fingerprint density at radius 3 is 2.47 bits per heavy atom. The van der Waals surface area contributed by atoms with Gasteiger partial charge in [-0.25, -0.2) is 4.39 Å². The lowest BCUT2D eigenvalue weighted by atomic mass is 9.94. The number of hydrogen-bond acceptors (Lipinski definition) is 5. The van der Waals surface area contributed by atoms with Crippen LogP contribution in [0.1, 0.15) is 22.7 Å². The Morgan fingerprint density at radius 2 is 1.78 bits per heavy atom. The van der Waals surface area contributed by atoms with Gasteiger partial charge in [-0.05, 0) is 60.5 Å². The lowest BCUT2D eigenvalue weighted by Crippen LogP contribution is -2.29. The molecule has 1 aliphatic rings. The van der Waals surface area contributed by atoms with Crippen LogP contribution in [0.15, 0.2) is 72.3 Å². The third-order valence-electron chi connectivity index (χ3n) is 5.39. The highest BCUT2D eigenvalue weighted by Gasteiger charge is 2.47. The minimum Gasteiger partial charge on any atom is -0.508 e. The molecule has 0 saturated carbocycles. The average molecular weight is 433 g/mol. The summed E-state index contributed by atoms with van der Waals surface area (Å²) < 4.78 is 19.0. The second kappa shape index (κ2) is 8.19. The lowest BCUT2D eigenvalue weighted by Gasteiger charge is -2.25. The number of aliphatic hydroxyl groups is 1. The number of phenols is 1. The van der Waals surface area contributed by atoms with Crippen molar-refractivity contribution < 1.29 is 28.9 Å². The first-order valence-corrected chi connectivity index (χ1v) is 9.82. The number of halogens is 1. The quantitative estimate of drug-likeness (QED) is 0.360. The molecule has 1 atom stereocenters. The normalized spacial score (nSPS) is 17.6. The van der Waals surface area contributed by atoms with Gasteiger partial charge in [0, 0.05) is 17.3 Å². The van der Waals surface area contributed by atoms with Gasteiger partial charge in [-0.2, -0.15) is 0 Å². The Hall–Kier alpha value is -4.13. The number of methoxy groups -OCH3 is 1. The summed E-state index contributed by atoms with van der Waals surface area (Å²) in [5.41, 5.74) is 1.14. The van der Waals surface area contributed by atoms with E-state index in [0.29, 0.717) is 17.0 Å². The Kier molecular flexibility index (Phi) is 5.40. The van der Waals surface area contributed by atoms with Crippen LogP contribution in [-0.4, -0.2) is 29.0 Å². The Bertz CT molecular complexity index is 1270. The van der Waals surface area contributed by atoms with Crippen molar-refractivity contribution in [3.8, 4) is 11.5 Å². The predicted molar refractivity (Wildman–Crippen MR) is 117 cm³/mol. The number of hydrogen-bond donors (Lipinski definition) is 2. The van der Waals surface area contributed by atoms with Gasteiger partial charge in [-0.1, -0.05) is 18.2 Å². The number of carbonyl (C=O) groups excluding carboxylic acids is 2. The van der Waals surface area contributed by atoms with Crippen molar-refractivity contribution in [1.29, 1.82) is 0 Å². The van der Waals surface area contributed by atoms with Crippen LogP contribution in [0.3, 0.4) is 0 Å². The molecular formula is C25H20FNO5. The zero-order valence-corrected chi connectivity index (χ0v) is 17.4.